The van der Waals surface area contributed by atoms with Crippen LogP contribution in [-0.2, 0) is 10.0 Å². The van der Waals surface area contributed by atoms with E-state index in [-0.39, 0.29) is 28.7 Å². The van der Waals surface area contributed by atoms with E-state index in [0.717, 1.165) is 36.8 Å². The molecule has 260 valence electrons. The van der Waals surface area contributed by atoms with Crippen molar-refractivity contribution < 1.29 is 23.1 Å². The molecule has 1 amide bonds. The predicted molar refractivity (Wildman–Crippen MR) is 195 cm³/mol. The number of fused-ring (bicyclic) bond motifs is 1. The summed E-state index contributed by atoms with van der Waals surface area (Å²) in [5.74, 6) is 0.314. The highest BCUT2D eigenvalue weighted by molar-refractivity contribution is 7.93. The van der Waals surface area contributed by atoms with E-state index < -0.39 is 10.0 Å². The van der Waals surface area contributed by atoms with E-state index in [4.69, 9.17) is 4.74 Å². The van der Waals surface area contributed by atoms with Crippen LogP contribution in [0.15, 0.2) is 59.5 Å². The predicted octanol–water partition coefficient (Wildman–Crippen LogP) is 8.53. The first kappa shape index (κ1) is 38.2. The fourth-order valence-corrected chi connectivity index (χ4v) is 7.70. The van der Waals surface area contributed by atoms with Crippen LogP contribution in [0.4, 0.5) is 11.4 Å². The lowest BCUT2D eigenvalue weighted by Crippen LogP contribution is -2.31. The second kappa shape index (κ2) is 20.2. The molecule has 1 unspecified atom stereocenters. The molecule has 0 heterocycles. The summed E-state index contributed by atoms with van der Waals surface area (Å²) < 4.78 is 36.7. The first-order valence-electron chi connectivity index (χ1n) is 17.7. The van der Waals surface area contributed by atoms with Gasteiger partial charge in [0.2, 0.25) is 0 Å². The van der Waals surface area contributed by atoms with Crippen LogP contribution < -0.4 is 19.7 Å². The Morgan fingerprint density at radius 3 is 2.19 bits per heavy atom. The van der Waals surface area contributed by atoms with Gasteiger partial charge in [-0.3, -0.25) is 9.52 Å². The number of carbonyl (C=O) groups excluding carboxylic acids is 1. The fraction of sp³-hybridized carbons (Fsp3) is 0.553. The standard InChI is InChI=1S/C38H57N3O5S/c1-5-8-10-12-13-15-19-30(18-14-11-9-6-2)29-39-38(43)34-24-22-31-20-16-17-21-33(31)37(34)47(44,45)40-35-25-23-32(28-36(35)46-4)41(7-3)26-27-42/h16-17,20-25,28,30,40,42H,5-15,18-19,26-27,29H2,1-4H3,(H,39,43). The van der Waals surface area contributed by atoms with Crippen LogP contribution in [0.5, 0.6) is 5.75 Å². The van der Waals surface area contributed by atoms with Crippen molar-refractivity contribution in [2.24, 2.45) is 5.92 Å². The van der Waals surface area contributed by atoms with Gasteiger partial charge in [-0.25, -0.2) is 8.42 Å². The minimum absolute atomic E-state index is 0.00485. The van der Waals surface area contributed by atoms with Crippen LogP contribution in [0.3, 0.4) is 0 Å². The number of likely N-dealkylation sites (N-methyl/N-ethyl adjacent to an activating group) is 1. The highest BCUT2D eigenvalue weighted by Gasteiger charge is 2.27. The third-order valence-corrected chi connectivity index (χ3v) is 10.4. The molecular formula is C38H57N3O5S. The van der Waals surface area contributed by atoms with Crippen LogP contribution in [0.2, 0.25) is 0 Å². The van der Waals surface area contributed by atoms with Gasteiger partial charge in [0.1, 0.15) is 10.6 Å². The first-order valence-corrected chi connectivity index (χ1v) is 19.1. The number of ether oxygens (including phenoxy) is 1. The molecule has 0 bridgehead atoms. The molecule has 0 saturated carbocycles. The van der Waals surface area contributed by atoms with E-state index in [2.05, 4.69) is 23.9 Å². The number of methoxy groups -OCH3 is 1. The van der Waals surface area contributed by atoms with Gasteiger partial charge in [-0.2, -0.15) is 0 Å². The Bertz CT molecular complexity index is 1490. The monoisotopic (exact) mass is 667 g/mol. The van der Waals surface area contributed by atoms with Crippen LogP contribution in [-0.4, -0.2) is 52.8 Å². The van der Waals surface area contributed by atoms with Gasteiger partial charge in [0, 0.05) is 36.8 Å². The Morgan fingerprint density at radius 1 is 0.872 bits per heavy atom. The molecule has 3 aromatic rings. The molecule has 0 radical (unpaired) electrons. The minimum Gasteiger partial charge on any atom is -0.494 e. The third kappa shape index (κ3) is 11.4. The van der Waals surface area contributed by atoms with E-state index in [1.165, 1.54) is 58.5 Å². The third-order valence-electron chi connectivity index (χ3n) is 8.92. The Morgan fingerprint density at radius 2 is 1.53 bits per heavy atom. The molecule has 1 atom stereocenters. The van der Waals surface area contributed by atoms with E-state index in [1.54, 1.807) is 42.5 Å². The van der Waals surface area contributed by atoms with Crippen LogP contribution in [0, 0.1) is 5.92 Å². The summed E-state index contributed by atoms with van der Waals surface area (Å²) in [6.45, 7) is 8.05. The zero-order valence-electron chi connectivity index (χ0n) is 29.0. The maximum atomic E-state index is 14.2. The van der Waals surface area contributed by atoms with Gasteiger partial charge < -0.3 is 20.1 Å². The number of aliphatic hydroxyl groups is 1. The van der Waals surface area contributed by atoms with Gasteiger partial charge in [0.25, 0.3) is 15.9 Å². The molecule has 0 fully saturated rings. The minimum atomic E-state index is -4.23. The quantitative estimate of drug-likeness (QED) is 0.0875. The van der Waals surface area contributed by atoms with Gasteiger partial charge in [0.05, 0.1) is 25.0 Å². The van der Waals surface area contributed by atoms with Crippen LogP contribution >= 0.6 is 0 Å². The van der Waals surface area contributed by atoms with Gasteiger partial charge in [0.15, 0.2) is 0 Å². The van der Waals surface area contributed by atoms with Gasteiger partial charge in [-0.1, -0.05) is 108 Å². The normalized spacial score (nSPS) is 12.2. The molecule has 0 aliphatic rings. The van der Waals surface area contributed by atoms with Crippen LogP contribution in [0.25, 0.3) is 10.8 Å². The Balaban J connectivity index is 1.87. The maximum absolute atomic E-state index is 14.2. The van der Waals surface area contributed by atoms with Crippen molar-refractivity contribution in [3.63, 3.8) is 0 Å². The molecule has 47 heavy (non-hydrogen) atoms. The van der Waals surface area contributed by atoms with E-state index >= 15 is 0 Å². The van der Waals surface area contributed by atoms with Crippen molar-refractivity contribution in [3.05, 3.63) is 60.2 Å². The number of carbonyl (C=O) groups is 1. The number of hydrogen-bond donors (Lipinski definition) is 3. The number of aliphatic hydroxyl groups excluding tert-OH is 1. The molecule has 0 aromatic heterocycles. The topological polar surface area (TPSA) is 108 Å². The highest BCUT2D eigenvalue weighted by atomic mass is 32.2. The molecular weight excluding hydrogens is 611 g/mol. The fourth-order valence-electron chi connectivity index (χ4n) is 6.21. The number of hydrogen-bond acceptors (Lipinski definition) is 6. The van der Waals surface area contributed by atoms with Crippen LogP contribution in [0.1, 0.15) is 108 Å². The largest absolute Gasteiger partial charge is 0.494 e. The molecule has 3 aromatic carbocycles. The van der Waals surface area contributed by atoms with Crippen molar-refractivity contribution in [3.8, 4) is 5.75 Å². The summed E-state index contributed by atoms with van der Waals surface area (Å²) in [4.78, 5) is 15.7. The number of unbranched alkanes of at least 4 members (excludes halogenated alkanes) is 8. The molecule has 0 aliphatic carbocycles. The lowest BCUT2D eigenvalue weighted by molar-refractivity contribution is 0.0942. The van der Waals surface area contributed by atoms with Crippen molar-refractivity contribution in [2.45, 2.75) is 103 Å². The summed E-state index contributed by atoms with van der Waals surface area (Å²) >= 11 is 0. The molecule has 0 spiro atoms. The van der Waals surface area contributed by atoms with Crippen molar-refractivity contribution in [1.29, 1.82) is 0 Å². The van der Waals surface area contributed by atoms with Gasteiger partial charge in [-0.15, -0.1) is 0 Å². The van der Waals surface area contributed by atoms with Crippen molar-refractivity contribution >= 4 is 38.1 Å². The molecule has 9 heteroatoms. The summed E-state index contributed by atoms with van der Waals surface area (Å²) in [6.07, 6.45) is 14.3. The van der Waals surface area contributed by atoms with Crippen molar-refractivity contribution in [2.75, 3.05) is 43.0 Å². The number of nitrogens with one attached hydrogen (secondary N) is 2. The average molecular weight is 668 g/mol. The Kier molecular flexibility index (Phi) is 16.4. The summed E-state index contributed by atoms with van der Waals surface area (Å²) in [5, 5.41) is 13.8. The number of sulfonamides is 1. The molecule has 0 saturated heterocycles. The zero-order chi connectivity index (χ0) is 34.1. The number of amides is 1. The summed E-state index contributed by atoms with van der Waals surface area (Å²) in [7, 11) is -2.74. The lowest BCUT2D eigenvalue weighted by Gasteiger charge is -2.23. The molecule has 0 aliphatic heterocycles. The number of anilines is 2. The molecule has 8 nitrogen and oxygen atoms in total. The summed E-state index contributed by atoms with van der Waals surface area (Å²) in [6, 6.07) is 15.8. The highest BCUT2D eigenvalue weighted by Crippen LogP contribution is 2.34. The number of benzene rings is 3. The smallest absolute Gasteiger partial charge is 0.263 e. The van der Waals surface area contributed by atoms with E-state index in [1.807, 2.05) is 24.0 Å². The molecule has 3 N–H and O–H groups in total. The van der Waals surface area contributed by atoms with Gasteiger partial charge in [-0.05, 0) is 49.3 Å². The van der Waals surface area contributed by atoms with E-state index in [0.29, 0.717) is 36.7 Å². The Labute approximate surface area is 283 Å². The van der Waals surface area contributed by atoms with E-state index in [9.17, 15) is 18.3 Å². The average Bonchev–Trinajstić information content (AvgIpc) is 3.08. The number of nitrogens with zero attached hydrogens (tertiary/aromatic N) is 1. The molecule has 3 rings (SSSR count). The maximum Gasteiger partial charge on any atom is 0.263 e. The SMILES string of the molecule is CCCCCCCCC(CCCCCC)CNC(=O)c1ccc2ccccc2c1S(=O)(=O)Nc1ccc(N(CC)CCO)cc1OC. The second-order valence-electron chi connectivity index (χ2n) is 12.4. The number of rotatable bonds is 23. The lowest BCUT2D eigenvalue weighted by atomic mass is 9.94. The van der Waals surface area contributed by atoms with Crippen molar-refractivity contribution in [1.82, 2.24) is 5.32 Å². The summed E-state index contributed by atoms with van der Waals surface area (Å²) in [5.41, 5.74) is 1.19. The second-order valence-corrected chi connectivity index (χ2v) is 14.1. The van der Waals surface area contributed by atoms with Gasteiger partial charge >= 0.3 is 0 Å². The first-order chi connectivity index (χ1) is 22.8. The Hall–Kier alpha value is -3.30. The zero-order valence-corrected chi connectivity index (χ0v) is 29.8.